The van der Waals surface area contributed by atoms with Crippen LogP contribution in [0.2, 0.25) is 0 Å². The predicted molar refractivity (Wildman–Crippen MR) is 81.7 cm³/mol. The third-order valence-electron chi connectivity index (χ3n) is 3.07. The van der Waals surface area contributed by atoms with Crippen molar-refractivity contribution in [1.82, 2.24) is 14.8 Å². The number of pyridine rings is 1. The Kier molecular flexibility index (Phi) is 4.35. The summed E-state index contributed by atoms with van der Waals surface area (Å²) in [5.41, 5.74) is 8.13. The molecule has 2 aromatic rings. The lowest BCUT2D eigenvalue weighted by Gasteiger charge is -2.11. The zero-order valence-corrected chi connectivity index (χ0v) is 13.2. The van der Waals surface area contributed by atoms with E-state index in [1.54, 1.807) is 16.8 Å². The highest BCUT2D eigenvalue weighted by Crippen LogP contribution is 2.29. The normalized spacial score (nSPS) is 11.0. The van der Waals surface area contributed by atoms with Crippen LogP contribution in [0.25, 0.3) is 0 Å². The van der Waals surface area contributed by atoms with Gasteiger partial charge in [0.05, 0.1) is 18.0 Å². The highest BCUT2D eigenvalue weighted by molar-refractivity contribution is 5.50. The summed E-state index contributed by atoms with van der Waals surface area (Å²) in [5.74, 6) is 1.96. The fourth-order valence-corrected chi connectivity index (χ4v) is 1.86. The average Bonchev–Trinajstić information content (AvgIpc) is 2.65. The van der Waals surface area contributed by atoms with E-state index in [1.807, 2.05) is 20.9 Å². The molecule has 2 rings (SSSR count). The summed E-state index contributed by atoms with van der Waals surface area (Å²) in [6.07, 6.45) is 0. The van der Waals surface area contributed by atoms with E-state index < -0.39 is 0 Å². The zero-order valence-electron chi connectivity index (χ0n) is 13.2. The van der Waals surface area contributed by atoms with Crippen LogP contribution >= 0.6 is 0 Å². The number of rotatable bonds is 5. The summed E-state index contributed by atoms with van der Waals surface area (Å²) < 4.78 is 13.2. The van der Waals surface area contributed by atoms with Crippen molar-refractivity contribution in [2.45, 2.75) is 27.7 Å². The van der Waals surface area contributed by atoms with Gasteiger partial charge in [0.2, 0.25) is 11.8 Å². The van der Waals surface area contributed by atoms with Gasteiger partial charge in [-0.3, -0.25) is 4.68 Å². The topological polar surface area (TPSA) is 75.2 Å². The molecule has 0 bridgehead atoms. The lowest BCUT2D eigenvalue weighted by atomic mass is 10.2. The Balaban J connectivity index is 2.22. The molecule has 0 atom stereocenters. The minimum Gasteiger partial charge on any atom is -0.476 e. The quantitative estimate of drug-likeness (QED) is 0.916. The highest BCUT2D eigenvalue weighted by Gasteiger charge is 2.14. The molecule has 0 saturated heterocycles. The van der Waals surface area contributed by atoms with E-state index in [-0.39, 0.29) is 0 Å². The number of anilines is 1. The number of nitrogens with two attached hydrogens (primary N) is 1. The maximum absolute atomic E-state index is 5.87. The molecule has 6 heteroatoms. The third-order valence-corrected chi connectivity index (χ3v) is 3.07. The second-order valence-electron chi connectivity index (χ2n) is 5.47. The molecule has 0 aliphatic rings. The Morgan fingerprint density at radius 2 is 2.00 bits per heavy atom. The van der Waals surface area contributed by atoms with Crippen molar-refractivity contribution in [3.05, 3.63) is 23.5 Å². The number of nitrogens with zero attached hydrogens (tertiary/aromatic N) is 3. The molecule has 0 unspecified atom stereocenters. The first kappa shape index (κ1) is 15.2. The zero-order chi connectivity index (χ0) is 15.6. The van der Waals surface area contributed by atoms with Crippen LogP contribution in [-0.2, 0) is 7.05 Å². The lowest BCUT2D eigenvalue weighted by molar-refractivity contribution is 0.260. The number of aryl methyl sites for hydroxylation is 2. The largest absolute Gasteiger partial charge is 0.476 e. The van der Waals surface area contributed by atoms with Crippen LogP contribution in [0.3, 0.4) is 0 Å². The second kappa shape index (κ2) is 6.03. The first-order valence-corrected chi connectivity index (χ1v) is 6.95. The van der Waals surface area contributed by atoms with E-state index in [4.69, 9.17) is 15.2 Å². The van der Waals surface area contributed by atoms with Gasteiger partial charge >= 0.3 is 0 Å². The van der Waals surface area contributed by atoms with Crippen molar-refractivity contribution in [2.75, 3.05) is 12.3 Å². The van der Waals surface area contributed by atoms with Crippen molar-refractivity contribution in [1.29, 1.82) is 0 Å². The SMILES string of the molecule is Cc1nn(C)c(C)c1Oc1ccc(N)c(OCC(C)C)n1. The molecule has 2 aromatic heterocycles. The minimum absolute atomic E-state index is 0.401. The van der Waals surface area contributed by atoms with Crippen LogP contribution < -0.4 is 15.2 Å². The van der Waals surface area contributed by atoms with Gasteiger partial charge in [-0.1, -0.05) is 13.8 Å². The van der Waals surface area contributed by atoms with Crippen LogP contribution in [0.4, 0.5) is 5.69 Å². The molecule has 0 aliphatic carbocycles. The Hall–Kier alpha value is -2.24. The number of ether oxygens (including phenoxy) is 2. The van der Waals surface area contributed by atoms with Crippen molar-refractivity contribution in [3.63, 3.8) is 0 Å². The first-order chi connectivity index (χ1) is 9.88. The van der Waals surface area contributed by atoms with Crippen molar-refractivity contribution in [3.8, 4) is 17.5 Å². The van der Waals surface area contributed by atoms with E-state index in [2.05, 4.69) is 23.9 Å². The molecule has 0 radical (unpaired) electrons. The maximum atomic E-state index is 5.87. The minimum atomic E-state index is 0.401. The molecule has 114 valence electrons. The van der Waals surface area contributed by atoms with Gasteiger partial charge in [0.25, 0.3) is 0 Å². The van der Waals surface area contributed by atoms with Crippen LogP contribution in [0.1, 0.15) is 25.2 Å². The molecule has 2 heterocycles. The molecule has 2 N–H and O–H groups in total. The van der Waals surface area contributed by atoms with Gasteiger partial charge in [-0.05, 0) is 25.8 Å². The Morgan fingerprint density at radius 1 is 1.29 bits per heavy atom. The van der Waals surface area contributed by atoms with Crippen LogP contribution in [0, 0.1) is 19.8 Å². The lowest BCUT2D eigenvalue weighted by Crippen LogP contribution is -2.08. The molecule has 0 fully saturated rings. The van der Waals surface area contributed by atoms with Gasteiger partial charge in [-0.15, -0.1) is 0 Å². The molecule has 21 heavy (non-hydrogen) atoms. The summed E-state index contributed by atoms with van der Waals surface area (Å²) in [4.78, 5) is 4.32. The Bertz CT molecular complexity index is 635. The van der Waals surface area contributed by atoms with E-state index in [1.165, 1.54) is 0 Å². The van der Waals surface area contributed by atoms with Gasteiger partial charge in [0.15, 0.2) is 5.75 Å². The molecule has 0 spiro atoms. The fraction of sp³-hybridized carbons (Fsp3) is 0.467. The van der Waals surface area contributed by atoms with Gasteiger partial charge in [0.1, 0.15) is 5.69 Å². The van der Waals surface area contributed by atoms with E-state index in [9.17, 15) is 0 Å². The Morgan fingerprint density at radius 3 is 2.57 bits per heavy atom. The number of hydrogen-bond donors (Lipinski definition) is 1. The van der Waals surface area contributed by atoms with Crippen molar-refractivity contribution < 1.29 is 9.47 Å². The van der Waals surface area contributed by atoms with E-state index >= 15 is 0 Å². The summed E-state index contributed by atoms with van der Waals surface area (Å²) in [5, 5.41) is 4.31. The van der Waals surface area contributed by atoms with Gasteiger partial charge < -0.3 is 15.2 Å². The van der Waals surface area contributed by atoms with Gasteiger partial charge in [0, 0.05) is 13.1 Å². The molecule has 0 saturated carbocycles. The monoisotopic (exact) mass is 290 g/mol. The van der Waals surface area contributed by atoms with Crippen LogP contribution in [0.15, 0.2) is 12.1 Å². The van der Waals surface area contributed by atoms with E-state index in [0.29, 0.717) is 35.7 Å². The number of aromatic nitrogens is 3. The maximum Gasteiger partial charge on any atom is 0.240 e. The molecule has 0 amide bonds. The van der Waals surface area contributed by atoms with Crippen LogP contribution in [-0.4, -0.2) is 21.4 Å². The third kappa shape index (κ3) is 3.45. The summed E-state index contributed by atoms with van der Waals surface area (Å²) in [6.45, 7) is 8.54. The average molecular weight is 290 g/mol. The predicted octanol–water partition coefficient (Wildman–Crippen LogP) is 2.84. The molecule has 6 nitrogen and oxygen atoms in total. The van der Waals surface area contributed by atoms with Gasteiger partial charge in [-0.2, -0.15) is 10.1 Å². The molecule has 0 aliphatic heterocycles. The standard InChI is InChI=1S/C15H22N4O2/c1-9(2)8-20-15-12(16)6-7-13(17-15)21-14-10(3)18-19(5)11(14)4/h6-7,9H,8,16H2,1-5H3. The van der Waals surface area contributed by atoms with Crippen LogP contribution in [0.5, 0.6) is 17.5 Å². The van der Waals surface area contributed by atoms with E-state index in [0.717, 1.165) is 11.4 Å². The van der Waals surface area contributed by atoms with Crippen molar-refractivity contribution >= 4 is 5.69 Å². The smallest absolute Gasteiger partial charge is 0.240 e. The molecular weight excluding hydrogens is 268 g/mol. The summed E-state index contributed by atoms with van der Waals surface area (Å²) in [6, 6.07) is 3.46. The molecule has 0 aromatic carbocycles. The number of nitrogen functional groups attached to an aromatic ring is 1. The number of hydrogen-bond acceptors (Lipinski definition) is 5. The molecular formula is C15H22N4O2. The summed E-state index contributed by atoms with van der Waals surface area (Å²) in [7, 11) is 1.88. The summed E-state index contributed by atoms with van der Waals surface area (Å²) >= 11 is 0. The van der Waals surface area contributed by atoms with Crippen molar-refractivity contribution in [2.24, 2.45) is 13.0 Å². The highest BCUT2D eigenvalue weighted by atomic mass is 16.5. The second-order valence-corrected chi connectivity index (χ2v) is 5.47. The Labute approximate surface area is 124 Å². The first-order valence-electron chi connectivity index (χ1n) is 6.95. The van der Waals surface area contributed by atoms with Gasteiger partial charge in [-0.25, -0.2) is 0 Å². The fourth-order valence-electron chi connectivity index (χ4n) is 1.86.